The Kier molecular flexibility index (Phi) is 67.2. The molecule has 0 spiro atoms. The first-order chi connectivity index (χ1) is 47.2. The van der Waals surface area contributed by atoms with Gasteiger partial charge in [-0.1, -0.05) is 330 Å². The summed E-state index contributed by atoms with van der Waals surface area (Å²) in [6, 6.07) is 0. The van der Waals surface area contributed by atoms with E-state index >= 15 is 0 Å². The van der Waals surface area contributed by atoms with Crippen LogP contribution in [0.15, 0.2) is 24.3 Å². The summed E-state index contributed by atoms with van der Waals surface area (Å²) in [6.07, 6.45) is 59.0. The topological polar surface area (TPSA) is 237 Å². The van der Waals surface area contributed by atoms with Crippen molar-refractivity contribution >= 4 is 39.5 Å². The number of allylic oxidation sites excluding steroid dienone is 4. The van der Waals surface area contributed by atoms with Crippen molar-refractivity contribution in [3.63, 3.8) is 0 Å². The van der Waals surface area contributed by atoms with Gasteiger partial charge in [-0.25, -0.2) is 9.13 Å². The molecule has 17 nitrogen and oxygen atoms in total. The van der Waals surface area contributed by atoms with Crippen LogP contribution < -0.4 is 0 Å². The SMILES string of the molecule is CCCCCC/C=C\C=C/CCCCCCCC(=O)OC[C@H](COP(=O)(O)OC[C@@H](O)COP(=O)(O)OC[C@@H](COC(=O)CCCCCCCCCCC(C)C)OC(=O)CCCCCCCCCCCCCCC(C)C)OC(=O)CCCCCCCCCCCCCCCCC(C)C. The molecule has 98 heavy (non-hydrogen) atoms. The number of hydrogen-bond acceptors (Lipinski definition) is 15. The number of carbonyl (C=O) groups is 4. The number of ether oxygens (including phenoxy) is 4. The van der Waals surface area contributed by atoms with E-state index in [1.165, 1.54) is 173 Å². The Balaban J connectivity index is 5.30. The molecule has 2 unspecified atom stereocenters. The molecule has 19 heteroatoms. The lowest BCUT2D eigenvalue weighted by atomic mass is 10.0. The highest BCUT2D eigenvalue weighted by Gasteiger charge is 2.30. The first-order valence-electron chi connectivity index (χ1n) is 40.2. The van der Waals surface area contributed by atoms with Crippen molar-refractivity contribution in [1.29, 1.82) is 0 Å². The molecule has 0 bridgehead atoms. The molecule has 3 N–H and O–H groups in total. The monoisotopic (exact) mass is 1430 g/mol. The molecule has 0 radical (unpaired) electrons. The molecule has 0 amide bonds. The molecule has 0 heterocycles. The maximum absolute atomic E-state index is 13.1. The van der Waals surface area contributed by atoms with E-state index in [1.807, 2.05) is 0 Å². The lowest BCUT2D eigenvalue weighted by Crippen LogP contribution is -2.30. The minimum Gasteiger partial charge on any atom is -0.462 e. The summed E-state index contributed by atoms with van der Waals surface area (Å²) in [7, 11) is -9.93. The predicted molar refractivity (Wildman–Crippen MR) is 400 cm³/mol. The average molecular weight is 1430 g/mol. The van der Waals surface area contributed by atoms with E-state index in [0.717, 1.165) is 127 Å². The van der Waals surface area contributed by atoms with Crippen LogP contribution in [0.2, 0.25) is 0 Å². The van der Waals surface area contributed by atoms with Crippen molar-refractivity contribution < 1.29 is 80.2 Å². The van der Waals surface area contributed by atoms with Gasteiger partial charge in [0, 0.05) is 25.7 Å². The molecule has 0 aliphatic heterocycles. The van der Waals surface area contributed by atoms with Crippen LogP contribution in [0.5, 0.6) is 0 Å². The van der Waals surface area contributed by atoms with Gasteiger partial charge in [0.05, 0.1) is 26.4 Å². The largest absolute Gasteiger partial charge is 0.472 e. The summed E-state index contributed by atoms with van der Waals surface area (Å²) in [5, 5.41) is 10.6. The third kappa shape index (κ3) is 71.9. The van der Waals surface area contributed by atoms with E-state index in [9.17, 15) is 43.2 Å². The number of esters is 4. The second-order valence-corrected chi connectivity index (χ2v) is 32.1. The summed E-state index contributed by atoms with van der Waals surface area (Å²) in [6.45, 7) is 11.8. The van der Waals surface area contributed by atoms with Gasteiger partial charge >= 0.3 is 39.5 Å². The van der Waals surface area contributed by atoms with Crippen LogP contribution in [0.3, 0.4) is 0 Å². The van der Waals surface area contributed by atoms with Crippen LogP contribution in [-0.4, -0.2) is 96.7 Å². The van der Waals surface area contributed by atoms with Gasteiger partial charge in [0.2, 0.25) is 0 Å². The number of rotatable bonds is 75. The molecule has 0 rings (SSSR count). The van der Waals surface area contributed by atoms with E-state index in [0.29, 0.717) is 25.7 Å². The van der Waals surface area contributed by atoms with Crippen LogP contribution in [0, 0.1) is 17.8 Å². The highest BCUT2D eigenvalue weighted by Crippen LogP contribution is 2.45. The second kappa shape index (κ2) is 68.9. The second-order valence-electron chi connectivity index (χ2n) is 29.2. The molecule has 0 aliphatic carbocycles. The van der Waals surface area contributed by atoms with Crippen molar-refractivity contribution in [3.05, 3.63) is 24.3 Å². The molecule has 0 aromatic carbocycles. The summed E-state index contributed by atoms with van der Waals surface area (Å²) in [4.78, 5) is 72.9. The minimum atomic E-state index is -4.97. The van der Waals surface area contributed by atoms with Crippen molar-refractivity contribution in [3.8, 4) is 0 Å². The van der Waals surface area contributed by atoms with Gasteiger partial charge in [-0.15, -0.1) is 0 Å². The third-order valence-electron chi connectivity index (χ3n) is 17.8. The number of hydrogen-bond donors (Lipinski definition) is 3. The number of aliphatic hydroxyl groups excluding tert-OH is 1. The Labute approximate surface area is 599 Å². The Bertz CT molecular complexity index is 2000. The molecule has 0 aliphatic rings. The summed E-state index contributed by atoms with van der Waals surface area (Å²) >= 11 is 0. The van der Waals surface area contributed by atoms with Crippen LogP contribution in [0.25, 0.3) is 0 Å². The smallest absolute Gasteiger partial charge is 0.462 e. The fourth-order valence-electron chi connectivity index (χ4n) is 11.6. The van der Waals surface area contributed by atoms with Gasteiger partial charge in [0.15, 0.2) is 12.2 Å². The Morgan fingerprint density at radius 1 is 0.316 bits per heavy atom. The van der Waals surface area contributed by atoms with E-state index in [2.05, 4.69) is 72.8 Å². The van der Waals surface area contributed by atoms with Gasteiger partial charge in [-0.3, -0.25) is 37.3 Å². The number of phosphoric acid groups is 2. The number of carbonyl (C=O) groups excluding carboxylic acids is 4. The maximum Gasteiger partial charge on any atom is 0.472 e. The quantitative estimate of drug-likeness (QED) is 0.0169. The summed E-state index contributed by atoms with van der Waals surface area (Å²) < 4.78 is 68.6. The minimum absolute atomic E-state index is 0.100. The Hall–Kier alpha value is -2.46. The van der Waals surface area contributed by atoms with E-state index in [-0.39, 0.29) is 25.7 Å². The number of aliphatic hydroxyl groups is 1. The zero-order chi connectivity index (χ0) is 72.3. The Morgan fingerprint density at radius 3 is 0.827 bits per heavy atom. The van der Waals surface area contributed by atoms with Gasteiger partial charge < -0.3 is 33.8 Å². The van der Waals surface area contributed by atoms with Crippen molar-refractivity contribution in [2.75, 3.05) is 39.6 Å². The van der Waals surface area contributed by atoms with Crippen LogP contribution in [0.4, 0.5) is 0 Å². The van der Waals surface area contributed by atoms with Crippen LogP contribution in [-0.2, 0) is 65.4 Å². The van der Waals surface area contributed by atoms with Gasteiger partial charge in [0.25, 0.3) is 0 Å². The fourth-order valence-corrected chi connectivity index (χ4v) is 13.2. The van der Waals surface area contributed by atoms with E-state index < -0.39 is 97.5 Å². The van der Waals surface area contributed by atoms with Crippen LogP contribution in [0.1, 0.15) is 382 Å². The zero-order valence-electron chi connectivity index (χ0n) is 63.7. The molecule has 0 saturated carbocycles. The Morgan fingerprint density at radius 2 is 0.551 bits per heavy atom. The first kappa shape index (κ1) is 95.5. The highest BCUT2D eigenvalue weighted by atomic mass is 31.2. The zero-order valence-corrected chi connectivity index (χ0v) is 65.5. The number of unbranched alkanes of at least 4 members (excludes halogenated alkanes) is 40. The molecular weight excluding hydrogens is 1280 g/mol. The molecule has 0 aromatic heterocycles. The molecular formula is C79H150O17P2. The van der Waals surface area contributed by atoms with Gasteiger partial charge in [-0.2, -0.15) is 0 Å². The fraction of sp³-hybridized carbons (Fsp3) is 0.899. The third-order valence-corrected chi connectivity index (χ3v) is 19.7. The standard InChI is InChI=1S/C79H150O17P2/c1-8-9-10-11-12-13-14-15-16-20-26-31-39-46-53-60-76(81)89-66-74(95-78(83)62-55-48-41-32-27-21-18-17-19-24-29-36-43-50-57-70(2)3)68-93-97(85,86)91-64-73(80)65-92-98(87,88)94-69-75(67-90-77(82)61-54-47-40-35-34-38-45-52-59-72(6)7)96-79(84)63-56-49-42-33-28-23-22-25-30-37-44-51-58-71(4)5/h13-16,70-75,80H,8-12,17-69H2,1-7H3,(H,85,86)(H,87,88)/b14-13-,16-15-/t73-,74-,75-/m1/s1. The normalized spacial score (nSPS) is 14.2. The van der Waals surface area contributed by atoms with Gasteiger partial charge in [-0.05, 0) is 69.1 Å². The van der Waals surface area contributed by atoms with E-state index in [4.69, 9.17) is 37.0 Å². The van der Waals surface area contributed by atoms with Crippen molar-refractivity contribution in [2.45, 2.75) is 401 Å². The lowest BCUT2D eigenvalue weighted by molar-refractivity contribution is -0.161. The van der Waals surface area contributed by atoms with Crippen molar-refractivity contribution in [1.82, 2.24) is 0 Å². The summed E-state index contributed by atoms with van der Waals surface area (Å²) in [5.74, 6) is 0.149. The number of phosphoric ester groups is 2. The van der Waals surface area contributed by atoms with Crippen molar-refractivity contribution in [2.24, 2.45) is 17.8 Å². The summed E-state index contributed by atoms with van der Waals surface area (Å²) in [5.41, 5.74) is 0. The molecule has 0 saturated heterocycles. The van der Waals surface area contributed by atoms with Crippen LogP contribution >= 0.6 is 15.6 Å². The van der Waals surface area contributed by atoms with Gasteiger partial charge in [0.1, 0.15) is 19.3 Å². The maximum atomic E-state index is 13.1. The lowest BCUT2D eigenvalue weighted by Gasteiger charge is -2.21. The average Bonchev–Trinajstić information content (AvgIpc) is 0.972. The first-order valence-corrected chi connectivity index (χ1v) is 43.2. The molecule has 0 aromatic rings. The predicted octanol–water partition coefficient (Wildman–Crippen LogP) is 22.9. The van der Waals surface area contributed by atoms with E-state index in [1.54, 1.807) is 0 Å². The molecule has 578 valence electrons. The molecule has 5 atom stereocenters. The molecule has 0 fully saturated rings. The highest BCUT2D eigenvalue weighted by molar-refractivity contribution is 7.47.